The summed E-state index contributed by atoms with van der Waals surface area (Å²) >= 11 is 4.51. The van der Waals surface area contributed by atoms with Gasteiger partial charge < -0.3 is 0 Å². The van der Waals surface area contributed by atoms with E-state index in [2.05, 4.69) is 26.0 Å². The largest absolute Gasteiger partial charge is 0.291 e. The third-order valence-electron chi connectivity index (χ3n) is 3.70. The van der Waals surface area contributed by atoms with Gasteiger partial charge in [-0.1, -0.05) is 51.5 Å². The van der Waals surface area contributed by atoms with Gasteiger partial charge in [0.25, 0.3) is 11.2 Å². The van der Waals surface area contributed by atoms with E-state index in [0.29, 0.717) is 20.9 Å². The van der Waals surface area contributed by atoms with Crippen LogP contribution >= 0.6 is 27.3 Å². The first kappa shape index (κ1) is 16.6. The van der Waals surface area contributed by atoms with Gasteiger partial charge in [-0.25, -0.2) is 0 Å². The van der Waals surface area contributed by atoms with Gasteiger partial charge in [0, 0.05) is 16.1 Å². The van der Waals surface area contributed by atoms with Crippen molar-refractivity contribution >= 4 is 44.0 Å². The molecule has 0 amide bonds. The zero-order valence-corrected chi connectivity index (χ0v) is 15.4. The molecule has 0 spiro atoms. The summed E-state index contributed by atoms with van der Waals surface area (Å²) in [6.07, 6.45) is 1.50. The van der Waals surface area contributed by atoms with E-state index in [1.807, 2.05) is 24.3 Å². The third kappa shape index (κ3) is 2.91. The maximum atomic E-state index is 12.6. The van der Waals surface area contributed by atoms with Gasteiger partial charge in [0.2, 0.25) is 4.96 Å². The lowest BCUT2D eigenvalue weighted by molar-refractivity contribution is -0.385. The molecule has 0 aliphatic rings. The van der Waals surface area contributed by atoms with Gasteiger partial charge in [0.15, 0.2) is 5.82 Å². The topological polar surface area (TPSA) is 90.4 Å². The van der Waals surface area contributed by atoms with E-state index in [1.54, 1.807) is 18.2 Å². The van der Waals surface area contributed by atoms with Crippen LogP contribution in [0.2, 0.25) is 0 Å². The summed E-state index contributed by atoms with van der Waals surface area (Å²) in [7, 11) is 0. The van der Waals surface area contributed by atoms with Gasteiger partial charge in [0.1, 0.15) is 0 Å². The fraction of sp³-hybridized carbons (Fsp3) is 0. The molecule has 0 saturated heterocycles. The van der Waals surface area contributed by atoms with Crippen LogP contribution in [0.5, 0.6) is 0 Å². The van der Waals surface area contributed by atoms with Gasteiger partial charge in [-0.05, 0) is 24.3 Å². The summed E-state index contributed by atoms with van der Waals surface area (Å²) < 4.78 is 2.51. The highest BCUT2D eigenvalue weighted by Crippen LogP contribution is 2.20. The molecule has 128 valence electrons. The van der Waals surface area contributed by atoms with E-state index in [1.165, 1.54) is 16.7 Å². The SMILES string of the molecule is O=c1c(=Cc2ccccc2[N+](=O)[O-])sc2nc(-c3ccc(Br)cc3)nn12. The highest BCUT2D eigenvalue weighted by atomic mass is 79.9. The van der Waals surface area contributed by atoms with Crippen LogP contribution in [0.25, 0.3) is 22.4 Å². The second kappa shape index (κ2) is 6.43. The Bertz CT molecular complexity index is 1250. The highest BCUT2D eigenvalue weighted by Gasteiger charge is 2.14. The first-order valence-corrected chi connectivity index (χ1v) is 9.04. The zero-order valence-electron chi connectivity index (χ0n) is 13.0. The summed E-state index contributed by atoms with van der Waals surface area (Å²) in [4.78, 5) is 28.1. The number of benzene rings is 2. The monoisotopic (exact) mass is 428 g/mol. The first-order chi connectivity index (χ1) is 12.5. The van der Waals surface area contributed by atoms with Gasteiger partial charge in [-0.2, -0.15) is 9.50 Å². The van der Waals surface area contributed by atoms with Crippen molar-refractivity contribution in [3.63, 3.8) is 0 Å². The quantitative estimate of drug-likeness (QED) is 0.369. The van der Waals surface area contributed by atoms with Crippen molar-refractivity contribution in [2.45, 2.75) is 0 Å². The van der Waals surface area contributed by atoms with Gasteiger partial charge >= 0.3 is 0 Å². The number of fused-ring (bicyclic) bond motifs is 1. The predicted octanol–water partition coefficient (Wildman–Crippen LogP) is 3.04. The van der Waals surface area contributed by atoms with Crippen molar-refractivity contribution in [2.75, 3.05) is 0 Å². The fourth-order valence-corrected chi connectivity index (χ4v) is 3.64. The van der Waals surface area contributed by atoms with E-state index in [0.717, 1.165) is 21.4 Å². The molecule has 0 saturated carbocycles. The first-order valence-electron chi connectivity index (χ1n) is 7.43. The Kier molecular flexibility index (Phi) is 4.09. The standard InChI is InChI=1S/C17H9BrN4O3S/c18-12-7-5-10(6-8-12)15-19-17-21(20-15)16(23)14(26-17)9-11-3-1-2-4-13(11)22(24)25/h1-9H. The maximum Gasteiger partial charge on any atom is 0.291 e. The smallest absolute Gasteiger partial charge is 0.266 e. The average molecular weight is 429 g/mol. The van der Waals surface area contributed by atoms with Crippen molar-refractivity contribution in [3.05, 3.63) is 83.6 Å². The van der Waals surface area contributed by atoms with Crippen molar-refractivity contribution in [1.82, 2.24) is 14.6 Å². The van der Waals surface area contributed by atoms with E-state index in [4.69, 9.17) is 0 Å². The van der Waals surface area contributed by atoms with E-state index < -0.39 is 4.92 Å². The Morgan fingerprint density at radius 1 is 1.15 bits per heavy atom. The van der Waals surface area contributed by atoms with Crippen molar-refractivity contribution < 1.29 is 4.92 Å². The lowest BCUT2D eigenvalue weighted by atomic mass is 10.2. The molecule has 0 N–H and O–H groups in total. The molecular weight excluding hydrogens is 420 g/mol. The predicted molar refractivity (Wildman–Crippen MR) is 102 cm³/mol. The number of hydrogen-bond acceptors (Lipinski definition) is 6. The molecule has 0 aliphatic heterocycles. The Balaban J connectivity index is 1.83. The minimum atomic E-state index is -0.473. The van der Waals surface area contributed by atoms with Crippen LogP contribution in [0, 0.1) is 10.1 Å². The number of rotatable bonds is 3. The number of aromatic nitrogens is 3. The lowest BCUT2D eigenvalue weighted by Crippen LogP contribution is -2.23. The number of halogens is 1. The molecule has 2 aromatic heterocycles. The molecule has 0 aliphatic carbocycles. The molecule has 0 radical (unpaired) electrons. The van der Waals surface area contributed by atoms with Gasteiger partial charge in [-0.3, -0.25) is 14.9 Å². The molecule has 7 nitrogen and oxygen atoms in total. The van der Waals surface area contributed by atoms with Crippen LogP contribution in [-0.4, -0.2) is 19.5 Å². The van der Waals surface area contributed by atoms with Crippen molar-refractivity contribution in [1.29, 1.82) is 0 Å². The molecule has 4 aromatic rings. The van der Waals surface area contributed by atoms with E-state index >= 15 is 0 Å². The Morgan fingerprint density at radius 2 is 1.88 bits per heavy atom. The van der Waals surface area contributed by atoms with Crippen LogP contribution in [-0.2, 0) is 0 Å². The van der Waals surface area contributed by atoms with Crippen LogP contribution in [0.15, 0.2) is 57.8 Å². The number of nitro benzene ring substituents is 1. The van der Waals surface area contributed by atoms with E-state index in [-0.39, 0.29) is 11.2 Å². The second-order valence-corrected chi connectivity index (χ2v) is 7.29. The fourth-order valence-electron chi connectivity index (χ4n) is 2.47. The number of nitrogens with zero attached hydrogens (tertiary/aromatic N) is 4. The highest BCUT2D eigenvalue weighted by molar-refractivity contribution is 9.10. The van der Waals surface area contributed by atoms with Crippen LogP contribution in [0.4, 0.5) is 5.69 Å². The summed E-state index contributed by atoms with van der Waals surface area (Å²) in [5.74, 6) is 0.457. The molecule has 0 fully saturated rings. The Morgan fingerprint density at radius 3 is 2.58 bits per heavy atom. The normalized spacial score (nSPS) is 12.0. The van der Waals surface area contributed by atoms with Gasteiger partial charge in [0.05, 0.1) is 15.0 Å². The maximum absolute atomic E-state index is 12.6. The molecule has 2 aromatic carbocycles. The van der Waals surface area contributed by atoms with Crippen molar-refractivity contribution in [3.8, 4) is 11.4 Å². The molecule has 4 rings (SSSR count). The Labute approximate surface area is 158 Å². The van der Waals surface area contributed by atoms with E-state index in [9.17, 15) is 14.9 Å². The molecule has 0 atom stereocenters. The summed E-state index contributed by atoms with van der Waals surface area (Å²) in [6.45, 7) is 0. The number of hydrogen-bond donors (Lipinski definition) is 0. The summed E-state index contributed by atoms with van der Waals surface area (Å²) in [6, 6.07) is 13.7. The molecule has 0 bridgehead atoms. The summed E-state index contributed by atoms with van der Waals surface area (Å²) in [5, 5.41) is 15.4. The van der Waals surface area contributed by atoms with Crippen LogP contribution in [0.3, 0.4) is 0 Å². The summed E-state index contributed by atoms with van der Waals surface area (Å²) in [5.41, 5.74) is 0.764. The minimum Gasteiger partial charge on any atom is -0.266 e. The Hall–Kier alpha value is -2.91. The molecule has 0 unspecified atom stereocenters. The van der Waals surface area contributed by atoms with Crippen LogP contribution < -0.4 is 10.1 Å². The molecule has 26 heavy (non-hydrogen) atoms. The number of nitro groups is 1. The molecular formula is C17H9BrN4O3S. The lowest BCUT2D eigenvalue weighted by Gasteiger charge is -1.95. The zero-order chi connectivity index (χ0) is 18.3. The molecule has 2 heterocycles. The third-order valence-corrected chi connectivity index (χ3v) is 5.19. The number of thiazole rings is 1. The van der Waals surface area contributed by atoms with Crippen molar-refractivity contribution in [2.24, 2.45) is 0 Å². The second-order valence-electron chi connectivity index (χ2n) is 5.37. The minimum absolute atomic E-state index is 0.0542. The van der Waals surface area contributed by atoms with Gasteiger partial charge in [-0.15, -0.1) is 5.10 Å². The molecule has 9 heteroatoms. The van der Waals surface area contributed by atoms with Crippen LogP contribution in [0.1, 0.15) is 5.56 Å². The average Bonchev–Trinajstić information content (AvgIpc) is 3.16. The number of para-hydroxylation sites is 1.